The molecule has 1 aliphatic rings. The minimum Gasteiger partial charge on any atom is -0.465 e. The molecule has 0 fully saturated rings. The van der Waals surface area contributed by atoms with Gasteiger partial charge in [-0.15, -0.1) is 5.10 Å². The van der Waals surface area contributed by atoms with Crippen LogP contribution in [0.2, 0.25) is 0 Å². The second-order valence-corrected chi connectivity index (χ2v) is 3.74. The Hall–Kier alpha value is -2.49. The Morgan fingerprint density at radius 1 is 1.72 bits per heavy atom. The van der Waals surface area contributed by atoms with E-state index in [-0.39, 0.29) is 23.9 Å². The highest BCUT2D eigenvalue weighted by molar-refractivity contribution is 5.85. The van der Waals surface area contributed by atoms with E-state index in [0.717, 1.165) is 0 Å². The van der Waals surface area contributed by atoms with Crippen molar-refractivity contribution in [2.75, 3.05) is 6.61 Å². The van der Waals surface area contributed by atoms with E-state index in [1.165, 1.54) is 0 Å². The molecule has 0 saturated carbocycles. The lowest BCUT2D eigenvalue weighted by molar-refractivity contribution is -0.144. The normalized spacial score (nSPS) is 17.7. The van der Waals surface area contributed by atoms with Crippen molar-refractivity contribution >= 4 is 5.97 Å². The molecule has 1 aromatic heterocycles. The molecule has 94 valence electrons. The number of nitrogens with zero attached hydrogens (tertiary/aromatic N) is 2. The number of nitrogens with two attached hydrogens (primary N) is 1. The van der Waals surface area contributed by atoms with Gasteiger partial charge >= 0.3 is 5.97 Å². The van der Waals surface area contributed by atoms with E-state index >= 15 is 0 Å². The number of aromatic nitrogens is 2. The van der Waals surface area contributed by atoms with E-state index in [4.69, 9.17) is 20.5 Å². The van der Waals surface area contributed by atoms with Crippen LogP contribution in [0.25, 0.3) is 0 Å². The minimum absolute atomic E-state index is 0.0467. The fourth-order valence-corrected chi connectivity index (χ4v) is 1.86. The zero-order chi connectivity index (χ0) is 13.3. The number of nitrogens with one attached hydrogen (secondary N) is 1. The number of carbonyl (C=O) groups is 1. The largest absolute Gasteiger partial charge is 0.465 e. The summed E-state index contributed by atoms with van der Waals surface area (Å²) in [6, 6.07) is 1.89. The summed E-state index contributed by atoms with van der Waals surface area (Å²) in [7, 11) is 0. The van der Waals surface area contributed by atoms with E-state index in [2.05, 4.69) is 10.2 Å². The second-order valence-electron chi connectivity index (χ2n) is 3.74. The van der Waals surface area contributed by atoms with Gasteiger partial charge in [-0.2, -0.15) is 5.26 Å². The highest BCUT2D eigenvalue weighted by Gasteiger charge is 2.38. The second kappa shape index (κ2) is 4.41. The topological polar surface area (TPSA) is 114 Å². The van der Waals surface area contributed by atoms with Gasteiger partial charge < -0.3 is 15.2 Å². The van der Waals surface area contributed by atoms with Crippen LogP contribution in [0.15, 0.2) is 11.5 Å². The molecule has 7 nitrogen and oxygen atoms in total. The number of nitriles is 1. The van der Waals surface area contributed by atoms with E-state index in [0.29, 0.717) is 11.3 Å². The minimum atomic E-state index is -0.877. The average Bonchev–Trinajstić information content (AvgIpc) is 2.69. The third-order valence-corrected chi connectivity index (χ3v) is 2.65. The van der Waals surface area contributed by atoms with Crippen molar-refractivity contribution in [3.8, 4) is 11.9 Å². The molecule has 2 heterocycles. The Morgan fingerprint density at radius 3 is 3.06 bits per heavy atom. The number of rotatable bonds is 2. The first-order valence-corrected chi connectivity index (χ1v) is 5.39. The number of hydrogen-bond donors (Lipinski definition) is 2. The summed E-state index contributed by atoms with van der Waals surface area (Å²) in [4.78, 5) is 12.0. The van der Waals surface area contributed by atoms with Crippen molar-refractivity contribution in [1.82, 2.24) is 10.2 Å². The van der Waals surface area contributed by atoms with E-state index < -0.39 is 11.9 Å². The Bertz CT molecular complexity index is 567. The molecule has 1 aromatic rings. The lowest BCUT2D eigenvalue weighted by Gasteiger charge is -2.21. The van der Waals surface area contributed by atoms with Gasteiger partial charge in [0.25, 0.3) is 0 Å². The molecule has 0 spiro atoms. The molecule has 3 N–H and O–H groups in total. The maximum atomic E-state index is 12.0. The molecule has 1 unspecified atom stereocenters. The zero-order valence-electron chi connectivity index (χ0n) is 9.98. The summed E-state index contributed by atoms with van der Waals surface area (Å²) < 4.78 is 10.2. The Balaban J connectivity index is 2.54. The van der Waals surface area contributed by atoms with Crippen LogP contribution in [0, 0.1) is 18.3 Å². The molecule has 0 amide bonds. The van der Waals surface area contributed by atoms with Crippen molar-refractivity contribution in [3.05, 3.63) is 22.7 Å². The maximum absolute atomic E-state index is 12.0. The highest BCUT2D eigenvalue weighted by atomic mass is 16.5. The van der Waals surface area contributed by atoms with Gasteiger partial charge in [-0.3, -0.25) is 9.89 Å². The summed E-state index contributed by atoms with van der Waals surface area (Å²) in [5.41, 5.74) is 6.80. The zero-order valence-corrected chi connectivity index (χ0v) is 9.98. The SMILES string of the molecule is CCOC(=O)C1C(C#N)=C(N)Oc2n[nH]c(C)c21. The summed E-state index contributed by atoms with van der Waals surface area (Å²) >= 11 is 0. The van der Waals surface area contributed by atoms with Crippen LogP contribution in [0.5, 0.6) is 5.88 Å². The standard InChI is InChI=1S/C11H12N4O3/c1-3-17-11(16)8-6(4-12)9(13)18-10-7(8)5(2)14-15-10/h8H,3,13H2,1-2H3,(H,14,15). The lowest BCUT2D eigenvalue weighted by atomic mass is 9.90. The van der Waals surface area contributed by atoms with Gasteiger partial charge in [0.05, 0.1) is 12.2 Å². The van der Waals surface area contributed by atoms with Gasteiger partial charge in [0.1, 0.15) is 17.6 Å². The van der Waals surface area contributed by atoms with Crippen LogP contribution in [0.1, 0.15) is 24.1 Å². The quantitative estimate of drug-likeness (QED) is 0.734. The first-order valence-electron chi connectivity index (χ1n) is 5.39. The van der Waals surface area contributed by atoms with Gasteiger partial charge in [0, 0.05) is 5.69 Å². The molecule has 0 aromatic carbocycles. The number of fused-ring (bicyclic) bond motifs is 1. The summed E-state index contributed by atoms with van der Waals surface area (Å²) in [6.07, 6.45) is 0. The number of H-pyrrole nitrogens is 1. The molecular formula is C11H12N4O3. The molecular weight excluding hydrogens is 236 g/mol. The van der Waals surface area contributed by atoms with Gasteiger partial charge in [0.2, 0.25) is 11.8 Å². The van der Waals surface area contributed by atoms with Crippen LogP contribution < -0.4 is 10.5 Å². The van der Waals surface area contributed by atoms with Crippen LogP contribution in [0.3, 0.4) is 0 Å². The highest BCUT2D eigenvalue weighted by Crippen LogP contribution is 2.38. The first-order chi connectivity index (χ1) is 8.60. The van der Waals surface area contributed by atoms with Gasteiger partial charge in [0.15, 0.2) is 0 Å². The number of esters is 1. The first kappa shape index (κ1) is 12.0. The van der Waals surface area contributed by atoms with Crippen molar-refractivity contribution in [2.24, 2.45) is 5.73 Å². The Labute approximate surface area is 103 Å². The summed E-state index contributed by atoms with van der Waals surface area (Å²) in [5.74, 6) is -1.32. The molecule has 1 aliphatic heterocycles. The molecule has 0 radical (unpaired) electrons. The predicted molar refractivity (Wildman–Crippen MR) is 60.2 cm³/mol. The Kier molecular flexibility index (Phi) is 2.93. The van der Waals surface area contributed by atoms with Gasteiger partial charge in [-0.05, 0) is 13.8 Å². The van der Waals surface area contributed by atoms with Crippen LogP contribution >= 0.6 is 0 Å². The van der Waals surface area contributed by atoms with Crippen molar-refractivity contribution in [2.45, 2.75) is 19.8 Å². The number of hydrogen-bond acceptors (Lipinski definition) is 6. The summed E-state index contributed by atoms with van der Waals surface area (Å²) in [5, 5.41) is 15.7. The Morgan fingerprint density at radius 2 is 2.44 bits per heavy atom. The fourth-order valence-electron chi connectivity index (χ4n) is 1.86. The average molecular weight is 248 g/mol. The fraction of sp³-hybridized carbons (Fsp3) is 0.364. The van der Waals surface area contributed by atoms with E-state index in [1.54, 1.807) is 13.8 Å². The third-order valence-electron chi connectivity index (χ3n) is 2.65. The predicted octanol–water partition coefficient (Wildman–Crippen LogP) is 0.451. The molecule has 0 bridgehead atoms. The smallest absolute Gasteiger partial charge is 0.319 e. The monoisotopic (exact) mass is 248 g/mol. The van der Waals surface area contributed by atoms with E-state index in [9.17, 15) is 4.79 Å². The van der Waals surface area contributed by atoms with Crippen molar-refractivity contribution in [3.63, 3.8) is 0 Å². The number of ether oxygens (including phenoxy) is 2. The molecule has 1 atom stereocenters. The number of aromatic amines is 1. The van der Waals surface area contributed by atoms with Crippen LogP contribution in [0.4, 0.5) is 0 Å². The molecule has 0 aliphatic carbocycles. The lowest BCUT2D eigenvalue weighted by Crippen LogP contribution is -2.26. The van der Waals surface area contributed by atoms with Gasteiger partial charge in [-0.1, -0.05) is 0 Å². The number of aryl methyl sites for hydroxylation is 1. The molecule has 7 heteroatoms. The van der Waals surface area contributed by atoms with Crippen LogP contribution in [-0.2, 0) is 9.53 Å². The van der Waals surface area contributed by atoms with Crippen molar-refractivity contribution < 1.29 is 14.3 Å². The molecule has 2 rings (SSSR count). The molecule has 18 heavy (non-hydrogen) atoms. The number of carbonyl (C=O) groups excluding carboxylic acids is 1. The van der Waals surface area contributed by atoms with Crippen molar-refractivity contribution in [1.29, 1.82) is 5.26 Å². The van der Waals surface area contributed by atoms with E-state index in [1.807, 2.05) is 6.07 Å². The van der Waals surface area contributed by atoms with Gasteiger partial charge in [-0.25, -0.2) is 0 Å². The molecule has 0 saturated heterocycles. The van der Waals surface area contributed by atoms with Crippen LogP contribution in [-0.4, -0.2) is 22.8 Å². The third kappa shape index (κ3) is 1.68. The maximum Gasteiger partial charge on any atom is 0.319 e. The summed E-state index contributed by atoms with van der Waals surface area (Å²) in [6.45, 7) is 3.65.